The third-order valence-electron chi connectivity index (χ3n) is 3.79. The fourth-order valence-electron chi connectivity index (χ4n) is 2.32. The van der Waals surface area contributed by atoms with Gasteiger partial charge in [0.25, 0.3) is 5.91 Å². The lowest BCUT2D eigenvalue weighted by Crippen LogP contribution is -2.43. The van der Waals surface area contributed by atoms with Crippen molar-refractivity contribution in [1.82, 2.24) is 5.32 Å². The average molecular weight is 504 g/mol. The first-order chi connectivity index (χ1) is 14.7. The van der Waals surface area contributed by atoms with Gasteiger partial charge in [0.05, 0.1) is 5.75 Å². The SMILES string of the molecule is CC(=O)c1ccc(NC(=O)CSC2=NC(=N)C(=NC(=O)c3ccc(Br)o3)C(=O)N2)cc1. The Morgan fingerprint density at radius 1 is 1.23 bits per heavy atom. The third kappa shape index (κ3) is 5.83. The topological polar surface area (TPSA) is 154 Å². The minimum absolute atomic E-state index is 0.0317. The first-order valence-electron chi connectivity index (χ1n) is 8.64. The number of halogens is 1. The fraction of sp³-hybridized carbons (Fsp3) is 0.105. The maximum Gasteiger partial charge on any atom is 0.313 e. The molecule has 0 bridgehead atoms. The van der Waals surface area contributed by atoms with Crippen LogP contribution in [0.15, 0.2) is 55.5 Å². The second-order valence-electron chi connectivity index (χ2n) is 6.06. The molecule has 10 nitrogen and oxygen atoms in total. The van der Waals surface area contributed by atoms with Crippen LogP contribution in [0.1, 0.15) is 27.8 Å². The standard InChI is InChI=1S/C19H14BrN5O5S/c1-9(26)10-2-4-11(5-3-10)22-14(27)8-31-19-24-16(21)15(18(29)25-19)23-17(28)12-6-7-13(20)30-12/h2-7H,8H2,1H3,(H,22,27)(H2,21,24,25,29). The zero-order valence-electron chi connectivity index (χ0n) is 15.9. The van der Waals surface area contributed by atoms with Crippen molar-refractivity contribution in [3.8, 4) is 0 Å². The number of carbonyl (C=O) groups excluding carboxylic acids is 4. The summed E-state index contributed by atoms with van der Waals surface area (Å²) < 4.78 is 5.39. The Hall–Kier alpha value is -3.38. The summed E-state index contributed by atoms with van der Waals surface area (Å²) in [6, 6.07) is 9.27. The van der Waals surface area contributed by atoms with Crippen LogP contribution < -0.4 is 10.6 Å². The summed E-state index contributed by atoms with van der Waals surface area (Å²) in [4.78, 5) is 55.1. The number of nitrogens with zero attached hydrogens (tertiary/aromatic N) is 2. The van der Waals surface area contributed by atoms with Crippen molar-refractivity contribution in [2.75, 3.05) is 11.1 Å². The normalized spacial score (nSPS) is 14.8. The molecule has 0 fully saturated rings. The molecular formula is C19H14BrN5O5S. The summed E-state index contributed by atoms with van der Waals surface area (Å²) in [7, 11) is 0. The molecule has 1 aromatic heterocycles. The molecule has 3 amide bonds. The highest BCUT2D eigenvalue weighted by molar-refractivity contribution is 9.10. The summed E-state index contributed by atoms with van der Waals surface area (Å²) >= 11 is 3.96. The molecule has 12 heteroatoms. The van der Waals surface area contributed by atoms with Crippen LogP contribution in [0.25, 0.3) is 0 Å². The Kier molecular flexibility index (Phi) is 6.92. The van der Waals surface area contributed by atoms with Gasteiger partial charge in [-0.2, -0.15) is 4.99 Å². The Bertz CT molecular complexity index is 1150. The van der Waals surface area contributed by atoms with Gasteiger partial charge in [-0.05, 0) is 59.3 Å². The van der Waals surface area contributed by atoms with E-state index in [1.54, 1.807) is 24.3 Å². The number of aliphatic imine (C=N–C) groups is 2. The molecule has 1 aliphatic rings. The molecular weight excluding hydrogens is 490 g/mol. The minimum Gasteiger partial charge on any atom is -0.444 e. The van der Waals surface area contributed by atoms with Crippen LogP contribution in [0.5, 0.6) is 0 Å². The summed E-state index contributed by atoms with van der Waals surface area (Å²) in [5.41, 5.74) is 0.577. The van der Waals surface area contributed by atoms with Gasteiger partial charge in [0.15, 0.2) is 32.9 Å². The zero-order chi connectivity index (χ0) is 22.5. The van der Waals surface area contributed by atoms with E-state index in [9.17, 15) is 19.2 Å². The van der Waals surface area contributed by atoms with Crippen LogP contribution in [0, 0.1) is 5.41 Å². The van der Waals surface area contributed by atoms with E-state index in [0.717, 1.165) is 11.8 Å². The van der Waals surface area contributed by atoms with E-state index in [1.165, 1.54) is 19.1 Å². The van der Waals surface area contributed by atoms with Crippen molar-refractivity contribution in [3.63, 3.8) is 0 Å². The molecule has 0 radical (unpaired) electrons. The number of anilines is 1. The molecule has 0 unspecified atom stereocenters. The Morgan fingerprint density at radius 2 is 1.94 bits per heavy atom. The van der Waals surface area contributed by atoms with Gasteiger partial charge in [-0.25, -0.2) is 4.99 Å². The maximum atomic E-state index is 12.2. The van der Waals surface area contributed by atoms with Crippen LogP contribution in [0.3, 0.4) is 0 Å². The number of amidine groups is 2. The molecule has 1 aromatic carbocycles. The van der Waals surface area contributed by atoms with Crippen molar-refractivity contribution in [1.29, 1.82) is 5.41 Å². The number of rotatable bonds is 5. The summed E-state index contributed by atoms with van der Waals surface area (Å²) in [5, 5.41) is 12.9. The van der Waals surface area contributed by atoms with E-state index in [1.807, 2.05) is 0 Å². The molecule has 0 atom stereocenters. The van der Waals surface area contributed by atoms with Crippen LogP contribution in [0.4, 0.5) is 5.69 Å². The monoisotopic (exact) mass is 503 g/mol. The predicted octanol–water partition coefficient (Wildman–Crippen LogP) is 2.66. The van der Waals surface area contributed by atoms with E-state index in [0.29, 0.717) is 15.9 Å². The summed E-state index contributed by atoms with van der Waals surface area (Å²) in [6.45, 7) is 1.45. The number of benzene rings is 1. The lowest BCUT2D eigenvalue weighted by Gasteiger charge is -2.14. The van der Waals surface area contributed by atoms with Gasteiger partial charge in [-0.1, -0.05) is 11.8 Å². The molecule has 0 saturated carbocycles. The van der Waals surface area contributed by atoms with E-state index in [2.05, 4.69) is 36.5 Å². The largest absolute Gasteiger partial charge is 0.444 e. The van der Waals surface area contributed by atoms with Gasteiger partial charge in [0.2, 0.25) is 5.91 Å². The third-order valence-corrected chi connectivity index (χ3v) is 5.09. The number of thioether (sulfide) groups is 1. The number of Topliss-reactive ketones (excluding diaryl/α,β-unsaturated/α-hetero) is 1. The second kappa shape index (κ2) is 9.62. The van der Waals surface area contributed by atoms with Crippen LogP contribution in [-0.4, -0.2) is 46.0 Å². The molecule has 3 N–H and O–H groups in total. The van der Waals surface area contributed by atoms with E-state index < -0.39 is 23.4 Å². The number of furan rings is 1. The van der Waals surface area contributed by atoms with Crippen molar-refractivity contribution in [2.45, 2.75) is 6.92 Å². The Labute approximate surface area is 188 Å². The van der Waals surface area contributed by atoms with Crippen molar-refractivity contribution >= 4 is 73.6 Å². The molecule has 2 heterocycles. The molecule has 0 aliphatic carbocycles. The maximum absolute atomic E-state index is 12.2. The average Bonchev–Trinajstić information content (AvgIpc) is 3.16. The molecule has 3 rings (SSSR count). The highest BCUT2D eigenvalue weighted by Gasteiger charge is 2.27. The molecule has 158 valence electrons. The highest BCUT2D eigenvalue weighted by Crippen LogP contribution is 2.16. The van der Waals surface area contributed by atoms with Crippen LogP contribution in [-0.2, 0) is 9.59 Å². The van der Waals surface area contributed by atoms with Crippen LogP contribution >= 0.6 is 27.7 Å². The van der Waals surface area contributed by atoms with E-state index in [4.69, 9.17) is 9.83 Å². The number of hydrogen-bond acceptors (Lipinski definition) is 7. The van der Waals surface area contributed by atoms with Gasteiger partial charge in [-0.15, -0.1) is 0 Å². The van der Waals surface area contributed by atoms with Gasteiger partial charge in [-0.3, -0.25) is 29.9 Å². The van der Waals surface area contributed by atoms with Crippen molar-refractivity contribution < 1.29 is 23.6 Å². The minimum atomic E-state index is -0.831. The predicted molar refractivity (Wildman–Crippen MR) is 119 cm³/mol. The van der Waals surface area contributed by atoms with Gasteiger partial charge in [0.1, 0.15) is 0 Å². The Balaban J connectivity index is 1.58. The van der Waals surface area contributed by atoms with Crippen molar-refractivity contribution in [3.05, 3.63) is 52.4 Å². The number of hydrogen-bond donors (Lipinski definition) is 3. The first kappa shape index (κ1) is 22.3. The molecule has 0 spiro atoms. The van der Waals surface area contributed by atoms with E-state index >= 15 is 0 Å². The van der Waals surface area contributed by atoms with Gasteiger partial charge < -0.3 is 9.73 Å². The van der Waals surface area contributed by atoms with Gasteiger partial charge >= 0.3 is 5.91 Å². The lowest BCUT2D eigenvalue weighted by molar-refractivity contribution is -0.114. The number of ketones is 1. The number of amides is 3. The molecule has 31 heavy (non-hydrogen) atoms. The summed E-state index contributed by atoms with van der Waals surface area (Å²) in [6.07, 6.45) is 0. The quantitative estimate of drug-likeness (QED) is 0.532. The highest BCUT2D eigenvalue weighted by atomic mass is 79.9. The Morgan fingerprint density at radius 3 is 2.52 bits per heavy atom. The fourth-order valence-corrected chi connectivity index (χ4v) is 3.29. The summed E-state index contributed by atoms with van der Waals surface area (Å²) in [5.74, 6) is -2.77. The molecule has 1 aliphatic heterocycles. The second-order valence-corrected chi connectivity index (χ2v) is 7.81. The van der Waals surface area contributed by atoms with Gasteiger partial charge in [0, 0.05) is 11.3 Å². The zero-order valence-corrected chi connectivity index (χ0v) is 18.3. The smallest absolute Gasteiger partial charge is 0.313 e. The number of nitrogens with one attached hydrogen (secondary N) is 3. The lowest BCUT2D eigenvalue weighted by atomic mass is 10.1. The molecule has 2 aromatic rings. The molecule has 0 saturated heterocycles. The van der Waals surface area contributed by atoms with Crippen molar-refractivity contribution in [2.24, 2.45) is 9.98 Å². The first-order valence-corrected chi connectivity index (χ1v) is 10.4. The van der Waals surface area contributed by atoms with E-state index in [-0.39, 0.29) is 28.4 Å². The van der Waals surface area contributed by atoms with Crippen LogP contribution in [0.2, 0.25) is 0 Å². The number of carbonyl (C=O) groups is 4.